The first kappa shape index (κ1) is 12.8. The summed E-state index contributed by atoms with van der Waals surface area (Å²) in [5.41, 5.74) is 7.17. The highest BCUT2D eigenvalue weighted by atomic mass is 19.1. The van der Waals surface area contributed by atoms with Crippen LogP contribution in [0.3, 0.4) is 0 Å². The van der Waals surface area contributed by atoms with E-state index in [0.29, 0.717) is 0 Å². The zero-order valence-corrected chi connectivity index (χ0v) is 10.5. The van der Waals surface area contributed by atoms with E-state index in [1.54, 1.807) is 18.3 Å². The molecule has 0 bridgehead atoms. The lowest BCUT2D eigenvalue weighted by Gasteiger charge is -2.12. The lowest BCUT2D eigenvalue weighted by molar-refractivity contribution is 0.599. The van der Waals surface area contributed by atoms with Crippen molar-refractivity contribution >= 4 is 0 Å². The summed E-state index contributed by atoms with van der Waals surface area (Å²) in [7, 11) is 0. The fraction of sp³-hybridized carbons (Fsp3) is 0.357. The summed E-state index contributed by atoms with van der Waals surface area (Å²) < 4.78 is 14.9. The number of halogens is 1. The molecule has 3 nitrogen and oxygen atoms in total. The molecule has 1 heterocycles. The summed E-state index contributed by atoms with van der Waals surface area (Å²) in [4.78, 5) is 4.31. The van der Waals surface area contributed by atoms with Crippen LogP contribution in [-0.2, 0) is 19.4 Å². The predicted molar refractivity (Wildman–Crippen MR) is 69.7 cm³/mol. The maximum absolute atomic E-state index is 12.8. The molecular formula is C14H18FN3. The van der Waals surface area contributed by atoms with Crippen LogP contribution in [0.4, 0.5) is 4.39 Å². The Morgan fingerprint density at radius 3 is 2.67 bits per heavy atom. The first-order valence-corrected chi connectivity index (χ1v) is 6.19. The van der Waals surface area contributed by atoms with E-state index in [4.69, 9.17) is 5.73 Å². The van der Waals surface area contributed by atoms with E-state index in [-0.39, 0.29) is 11.9 Å². The second-order valence-electron chi connectivity index (χ2n) is 4.42. The number of aryl methyl sites for hydroxylation is 1. The van der Waals surface area contributed by atoms with Crippen molar-refractivity contribution in [3.05, 3.63) is 53.9 Å². The van der Waals surface area contributed by atoms with Gasteiger partial charge in [0.05, 0.1) is 0 Å². The Kier molecular flexibility index (Phi) is 4.10. The van der Waals surface area contributed by atoms with Gasteiger partial charge in [-0.3, -0.25) is 0 Å². The van der Waals surface area contributed by atoms with Crippen LogP contribution in [0.15, 0.2) is 36.7 Å². The van der Waals surface area contributed by atoms with Gasteiger partial charge < -0.3 is 10.3 Å². The maximum Gasteiger partial charge on any atom is 0.123 e. The van der Waals surface area contributed by atoms with Crippen LogP contribution in [-0.4, -0.2) is 15.6 Å². The molecule has 2 rings (SSSR count). The third-order valence-electron chi connectivity index (χ3n) is 3.00. The Morgan fingerprint density at radius 1 is 1.28 bits per heavy atom. The molecule has 0 radical (unpaired) electrons. The summed E-state index contributed by atoms with van der Waals surface area (Å²) in [5.74, 6) is 0.793. The molecule has 1 aromatic carbocycles. The van der Waals surface area contributed by atoms with Crippen LogP contribution < -0.4 is 5.73 Å². The largest absolute Gasteiger partial charge is 0.335 e. The second kappa shape index (κ2) is 5.78. The molecule has 1 unspecified atom stereocenters. The number of hydrogen-bond acceptors (Lipinski definition) is 2. The van der Waals surface area contributed by atoms with Gasteiger partial charge >= 0.3 is 0 Å². The standard InChI is InChI=1S/C14H18FN3/c1-2-18-8-7-17-14(18)10-13(16)9-11-3-5-12(15)6-4-11/h3-8,13H,2,9-10,16H2,1H3. The highest BCUT2D eigenvalue weighted by Crippen LogP contribution is 2.08. The van der Waals surface area contributed by atoms with Crippen molar-refractivity contribution in [3.63, 3.8) is 0 Å². The van der Waals surface area contributed by atoms with Crippen molar-refractivity contribution in [1.29, 1.82) is 0 Å². The van der Waals surface area contributed by atoms with Gasteiger partial charge in [-0.25, -0.2) is 9.37 Å². The minimum Gasteiger partial charge on any atom is -0.335 e. The minimum absolute atomic E-state index is 0.00293. The number of benzene rings is 1. The van der Waals surface area contributed by atoms with E-state index in [9.17, 15) is 4.39 Å². The van der Waals surface area contributed by atoms with Crippen molar-refractivity contribution in [1.82, 2.24) is 9.55 Å². The number of hydrogen-bond donors (Lipinski definition) is 1. The summed E-state index contributed by atoms with van der Waals surface area (Å²) in [6.07, 6.45) is 5.22. The van der Waals surface area contributed by atoms with Crippen LogP contribution in [0.2, 0.25) is 0 Å². The third kappa shape index (κ3) is 3.17. The number of rotatable bonds is 5. The zero-order chi connectivity index (χ0) is 13.0. The van der Waals surface area contributed by atoms with E-state index in [1.807, 2.05) is 6.20 Å². The maximum atomic E-state index is 12.8. The van der Waals surface area contributed by atoms with Crippen LogP contribution >= 0.6 is 0 Å². The fourth-order valence-electron chi connectivity index (χ4n) is 2.05. The Labute approximate surface area is 106 Å². The van der Waals surface area contributed by atoms with E-state index in [1.165, 1.54) is 12.1 Å². The van der Waals surface area contributed by atoms with Gasteiger partial charge in [0.25, 0.3) is 0 Å². The molecule has 1 atom stereocenters. The monoisotopic (exact) mass is 247 g/mol. The highest BCUT2D eigenvalue weighted by molar-refractivity contribution is 5.17. The average Bonchev–Trinajstić information content (AvgIpc) is 2.79. The molecule has 2 aromatic rings. The van der Waals surface area contributed by atoms with Crippen LogP contribution in [0.5, 0.6) is 0 Å². The SMILES string of the molecule is CCn1ccnc1CC(N)Cc1ccc(F)cc1. The molecule has 0 aliphatic carbocycles. The smallest absolute Gasteiger partial charge is 0.123 e. The minimum atomic E-state index is -0.214. The number of nitrogens with two attached hydrogens (primary N) is 1. The number of imidazole rings is 1. The van der Waals surface area contributed by atoms with Gasteiger partial charge in [0.15, 0.2) is 0 Å². The van der Waals surface area contributed by atoms with E-state index >= 15 is 0 Å². The van der Waals surface area contributed by atoms with Gasteiger partial charge in [-0.05, 0) is 31.0 Å². The molecule has 0 saturated carbocycles. The lowest BCUT2D eigenvalue weighted by Crippen LogP contribution is -2.27. The molecule has 0 aliphatic heterocycles. The first-order valence-electron chi connectivity index (χ1n) is 6.19. The first-order chi connectivity index (χ1) is 8.69. The molecule has 18 heavy (non-hydrogen) atoms. The molecule has 0 amide bonds. The van der Waals surface area contributed by atoms with Gasteiger partial charge in [0.1, 0.15) is 11.6 Å². The Hall–Kier alpha value is -1.68. The third-order valence-corrected chi connectivity index (χ3v) is 3.00. The Morgan fingerprint density at radius 2 is 2.00 bits per heavy atom. The molecule has 0 spiro atoms. The molecule has 0 saturated heterocycles. The fourth-order valence-corrected chi connectivity index (χ4v) is 2.05. The number of aromatic nitrogens is 2. The van der Waals surface area contributed by atoms with Crippen molar-refractivity contribution in [2.45, 2.75) is 32.4 Å². The van der Waals surface area contributed by atoms with E-state index in [0.717, 1.165) is 30.8 Å². The van der Waals surface area contributed by atoms with Crippen molar-refractivity contribution in [2.24, 2.45) is 5.73 Å². The van der Waals surface area contributed by atoms with Crippen molar-refractivity contribution < 1.29 is 4.39 Å². The lowest BCUT2D eigenvalue weighted by atomic mass is 10.0. The van der Waals surface area contributed by atoms with Gasteiger partial charge in [-0.15, -0.1) is 0 Å². The number of nitrogens with zero attached hydrogens (tertiary/aromatic N) is 2. The molecule has 0 aliphatic rings. The highest BCUT2D eigenvalue weighted by Gasteiger charge is 2.09. The summed E-state index contributed by atoms with van der Waals surface area (Å²) >= 11 is 0. The van der Waals surface area contributed by atoms with Gasteiger partial charge in [-0.1, -0.05) is 12.1 Å². The van der Waals surface area contributed by atoms with Crippen LogP contribution in [0, 0.1) is 5.82 Å². The van der Waals surface area contributed by atoms with E-state index < -0.39 is 0 Å². The molecule has 1 aromatic heterocycles. The zero-order valence-electron chi connectivity index (χ0n) is 10.5. The van der Waals surface area contributed by atoms with Gasteiger partial charge in [0, 0.05) is 31.4 Å². The summed E-state index contributed by atoms with van der Waals surface area (Å²) in [6.45, 7) is 2.98. The van der Waals surface area contributed by atoms with Gasteiger partial charge in [0.2, 0.25) is 0 Å². The molecule has 0 fully saturated rings. The molecule has 4 heteroatoms. The van der Waals surface area contributed by atoms with E-state index in [2.05, 4.69) is 16.5 Å². The summed E-state index contributed by atoms with van der Waals surface area (Å²) in [5, 5.41) is 0. The predicted octanol–water partition coefficient (Wildman–Crippen LogP) is 2.15. The molecule has 2 N–H and O–H groups in total. The average molecular weight is 247 g/mol. The van der Waals surface area contributed by atoms with Gasteiger partial charge in [-0.2, -0.15) is 0 Å². The van der Waals surface area contributed by atoms with Crippen LogP contribution in [0.25, 0.3) is 0 Å². The molecular weight excluding hydrogens is 229 g/mol. The molecule has 96 valence electrons. The summed E-state index contributed by atoms with van der Waals surface area (Å²) in [6, 6.07) is 6.50. The topological polar surface area (TPSA) is 43.8 Å². The normalized spacial score (nSPS) is 12.6. The Bertz CT molecular complexity index is 490. The van der Waals surface area contributed by atoms with Crippen molar-refractivity contribution in [3.8, 4) is 0 Å². The van der Waals surface area contributed by atoms with Crippen molar-refractivity contribution in [2.75, 3.05) is 0 Å². The second-order valence-corrected chi connectivity index (χ2v) is 4.42. The Balaban J connectivity index is 1.96. The quantitative estimate of drug-likeness (QED) is 0.879. The van der Waals surface area contributed by atoms with Crippen LogP contribution in [0.1, 0.15) is 18.3 Å².